The maximum absolute atomic E-state index is 6.94. The Balaban J connectivity index is 1.36. The third kappa shape index (κ3) is 3.33. The maximum Gasteiger partial charge on any atom is 0.244 e. The van der Waals surface area contributed by atoms with Crippen LogP contribution in [0.15, 0.2) is 162 Å². The van der Waals surface area contributed by atoms with Crippen LogP contribution in [0.25, 0.3) is 21.9 Å². The lowest BCUT2D eigenvalue weighted by molar-refractivity contribution is 0.671. The van der Waals surface area contributed by atoms with Crippen LogP contribution in [-0.2, 0) is 0 Å². The number of rotatable bonds is 3. The summed E-state index contributed by atoms with van der Waals surface area (Å²) in [6.45, 7) is 0.278. The Bertz CT molecular complexity index is 2530. The van der Waals surface area contributed by atoms with Crippen molar-refractivity contribution in [3.63, 3.8) is 0 Å². The molecule has 0 spiro atoms. The molecule has 0 bridgehead atoms. The zero-order chi connectivity index (χ0) is 30.6. The van der Waals surface area contributed by atoms with Crippen LogP contribution >= 0.6 is 0 Å². The molecule has 0 aliphatic carbocycles. The van der Waals surface area contributed by atoms with E-state index in [1.807, 2.05) is 0 Å². The lowest BCUT2D eigenvalue weighted by Crippen LogP contribution is -2.86. The van der Waals surface area contributed by atoms with Gasteiger partial charge in [0.15, 0.2) is 0 Å². The highest BCUT2D eigenvalue weighted by molar-refractivity contribution is 7.19. The number of para-hydroxylation sites is 2. The molecule has 0 amide bonds. The van der Waals surface area contributed by atoms with E-state index in [1.54, 1.807) is 0 Å². The van der Waals surface area contributed by atoms with Gasteiger partial charge < -0.3 is 9.32 Å². The van der Waals surface area contributed by atoms with Crippen molar-refractivity contribution in [1.29, 1.82) is 0 Å². The molecular weight excluding hydrogens is 567 g/mol. The highest BCUT2D eigenvalue weighted by Crippen LogP contribution is 2.39. The number of furan rings is 1. The topological polar surface area (TPSA) is 16.4 Å². The Morgan fingerprint density at radius 1 is 0.404 bits per heavy atom. The fourth-order valence-electron chi connectivity index (χ4n) is 9.17. The van der Waals surface area contributed by atoms with Gasteiger partial charge in [-0.05, 0) is 46.7 Å². The molecule has 1 aromatic heterocycles. The third-order valence-corrected chi connectivity index (χ3v) is 10.9. The SMILES string of the molecule is c1ccc(B2c3cccc4c3B3c5c2cccc5N(c2ccccc2)c2cc5c(oc6ccccc65)c(c23)B4c2ccccc2)cc1. The number of nitrogens with zero attached hydrogens (tertiary/aromatic N) is 1. The smallest absolute Gasteiger partial charge is 0.244 e. The summed E-state index contributed by atoms with van der Waals surface area (Å²) in [4.78, 5) is 2.53. The molecule has 0 saturated heterocycles. The molecule has 0 radical (unpaired) electrons. The van der Waals surface area contributed by atoms with Crippen molar-refractivity contribution in [2.45, 2.75) is 0 Å². The van der Waals surface area contributed by atoms with Crippen molar-refractivity contribution in [2.24, 2.45) is 0 Å². The molecule has 0 unspecified atom stereocenters. The molecule has 8 aromatic rings. The van der Waals surface area contributed by atoms with Crippen LogP contribution in [0.3, 0.4) is 0 Å². The largest absolute Gasteiger partial charge is 0.457 e. The second kappa shape index (κ2) is 9.43. The van der Waals surface area contributed by atoms with Crippen LogP contribution in [0.5, 0.6) is 0 Å². The number of anilines is 3. The number of hydrogen-bond donors (Lipinski definition) is 0. The van der Waals surface area contributed by atoms with E-state index in [0.29, 0.717) is 0 Å². The fraction of sp³-hybridized carbons (Fsp3) is 0. The summed E-state index contributed by atoms with van der Waals surface area (Å²) in [5, 5.41) is 2.33. The third-order valence-electron chi connectivity index (χ3n) is 10.9. The molecule has 5 heteroatoms. The molecule has 3 aliphatic heterocycles. The summed E-state index contributed by atoms with van der Waals surface area (Å²) in [5.74, 6) is 0. The van der Waals surface area contributed by atoms with E-state index in [1.165, 1.54) is 71.6 Å². The summed E-state index contributed by atoms with van der Waals surface area (Å²) in [6, 6.07) is 58.1. The number of fused-ring (bicyclic) bond motifs is 4. The Morgan fingerprint density at radius 2 is 1.00 bits per heavy atom. The first kappa shape index (κ1) is 25.5. The van der Waals surface area contributed by atoms with Gasteiger partial charge in [-0.25, -0.2) is 0 Å². The van der Waals surface area contributed by atoms with E-state index in [-0.39, 0.29) is 20.1 Å². The monoisotopic (exact) mass is 593 g/mol. The molecular formula is C42H26B3NO. The van der Waals surface area contributed by atoms with Gasteiger partial charge in [0.1, 0.15) is 11.2 Å². The lowest BCUT2D eigenvalue weighted by Gasteiger charge is -2.46. The Hall–Kier alpha value is -5.67. The van der Waals surface area contributed by atoms with Gasteiger partial charge >= 0.3 is 0 Å². The molecule has 11 rings (SSSR count). The van der Waals surface area contributed by atoms with Gasteiger partial charge in [-0.1, -0.05) is 160 Å². The van der Waals surface area contributed by atoms with Crippen molar-refractivity contribution in [1.82, 2.24) is 0 Å². The van der Waals surface area contributed by atoms with Crippen molar-refractivity contribution >= 4 is 108 Å². The molecule has 7 aromatic carbocycles. The standard InChI is InChI=1S/C42H26B3NO/c1-4-14-27(15-5-1)43-32-21-12-22-33-38(32)45-39-34(43)23-13-24-35(39)46(29-18-8-3-9-19-29)36-26-31-30-20-10-11-25-37(30)47-42(31)41(40(36)45)44(33)28-16-6-2-7-17-28/h1-26H. The van der Waals surface area contributed by atoms with Crippen LogP contribution in [0, 0.1) is 0 Å². The minimum atomic E-state index is 0.0290. The zero-order valence-electron chi connectivity index (χ0n) is 25.6. The van der Waals surface area contributed by atoms with E-state index in [4.69, 9.17) is 4.42 Å². The molecule has 214 valence electrons. The highest BCUT2D eigenvalue weighted by Gasteiger charge is 2.52. The Morgan fingerprint density at radius 3 is 1.74 bits per heavy atom. The zero-order valence-corrected chi connectivity index (χ0v) is 25.6. The van der Waals surface area contributed by atoms with Crippen LogP contribution in [-0.4, -0.2) is 20.1 Å². The Labute approximate surface area is 274 Å². The average molecular weight is 593 g/mol. The minimum Gasteiger partial charge on any atom is -0.457 e. The molecule has 3 aliphatic rings. The van der Waals surface area contributed by atoms with Crippen LogP contribution in [0.1, 0.15) is 0 Å². The van der Waals surface area contributed by atoms with E-state index in [9.17, 15) is 0 Å². The van der Waals surface area contributed by atoms with Gasteiger partial charge in [-0.2, -0.15) is 0 Å². The van der Waals surface area contributed by atoms with E-state index in [2.05, 4.69) is 163 Å². The first-order valence-electron chi connectivity index (χ1n) is 16.6. The molecule has 0 atom stereocenters. The number of benzene rings is 7. The quantitative estimate of drug-likeness (QED) is 0.292. The molecule has 4 heterocycles. The normalized spacial score (nSPS) is 13.8. The summed E-state index contributed by atoms with van der Waals surface area (Å²) in [7, 11) is 0. The van der Waals surface area contributed by atoms with Gasteiger partial charge in [-0.15, -0.1) is 0 Å². The van der Waals surface area contributed by atoms with Crippen LogP contribution < -0.4 is 54.1 Å². The van der Waals surface area contributed by atoms with Gasteiger partial charge in [0.05, 0.1) is 0 Å². The predicted molar refractivity (Wildman–Crippen MR) is 202 cm³/mol. The second-order valence-corrected chi connectivity index (χ2v) is 13.1. The first-order valence-corrected chi connectivity index (χ1v) is 16.6. The Kier molecular flexibility index (Phi) is 5.12. The fourth-order valence-corrected chi connectivity index (χ4v) is 9.17. The maximum atomic E-state index is 6.94. The van der Waals surface area contributed by atoms with E-state index in [0.717, 1.165) is 16.6 Å². The molecule has 47 heavy (non-hydrogen) atoms. The van der Waals surface area contributed by atoms with Gasteiger partial charge in [0.2, 0.25) is 20.1 Å². The highest BCUT2D eigenvalue weighted by atomic mass is 16.3. The summed E-state index contributed by atoms with van der Waals surface area (Å²) >= 11 is 0. The summed E-state index contributed by atoms with van der Waals surface area (Å²) in [6.07, 6.45) is 0. The second-order valence-electron chi connectivity index (χ2n) is 13.1. The predicted octanol–water partition coefficient (Wildman–Crippen LogP) is 3.54. The number of hydrogen-bond acceptors (Lipinski definition) is 2. The van der Waals surface area contributed by atoms with Gasteiger partial charge in [0, 0.05) is 27.8 Å². The van der Waals surface area contributed by atoms with Crippen molar-refractivity contribution in [3.8, 4) is 0 Å². The minimum absolute atomic E-state index is 0.0290. The van der Waals surface area contributed by atoms with Gasteiger partial charge in [0.25, 0.3) is 0 Å². The van der Waals surface area contributed by atoms with Crippen molar-refractivity contribution < 1.29 is 4.42 Å². The first-order chi connectivity index (χ1) is 23.4. The molecule has 0 fully saturated rings. The summed E-state index contributed by atoms with van der Waals surface area (Å²) in [5.41, 5.74) is 18.0. The van der Waals surface area contributed by atoms with Crippen molar-refractivity contribution in [3.05, 3.63) is 158 Å². The van der Waals surface area contributed by atoms with Gasteiger partial charge in [-0.3, -0.25) is 0 Å². The van der Waals surface area contributed by atoms with Crippen molar-refractivity contribution in [2.75, 3.05) is 4.90 Å². The van der Waals surface area contributed by atoms with E-state index < -0.39 is 0 Å². The van der Waals surface area contributed by atoms with E-state index >= 15 is 0 Å². The average Bonchev–Trinajstić information content (AvgIpc) is 3.51. The summed E-state index contributed by atoms with van der Waals surface area (Å²) < 4.78 is 6.94. The molecule has 0 N–H and O–H groups in total. The van der Waals surface area contributed by atoms with Crippen LogP contribution in [0.2, 0.25) is 0 Å². The molecule has 0 saturated carbocycles. The van der Waals surface area contributed by atoms with Crippen LogP contribution in [0.4, 0.5) is 17.1 Å². The lowest BCUT2D eigenvalue weighted by atomic mass is 9.13. The molecule has 2 nitrogen and oxygen atoms in total.